The molecule has 0 saturated carbocycles. The molecule has 0 fully saturated rings. The Labute approximate surface area is 194 Å². The van der Waals surface area contributed by atoms with E-state index in [9.17, 15) is 14.3 Å². The Balaban J connectivity index is 1.64. The minimum absolute atomic E-state index is 0.0365. The summed E-state index contributed by atoms with van der Waals surface area (Å²) in [5.74, 6) is 0.599. The van der Waals surface area contributed by atoms with Gasteiger partial charge < -0.3 is 15.0 Å². The number of aliphatic hydroxyl groups is 1. The molecule has 8 nitrogen and oxygen atoms in total. The van der Waals surface area contributed by atoms with Crippen LogP contribution in [-0.4, -0.2) is 36.0 Å². The van der Waals surface area contributed by atoms with Crippen molar-refractivity contribution < 1.29 is 9.50 Å². The number of aliphatic hydroxyl groups excluding tert-OH is 1. The number of hydrogen-bond donors (Lipinski definition) is 2. The topological polar surface area (TPSA) is 97.9 Å². The molecule has 170 valence electrons. The summed E-state index contributed by atoms with van der Waals surface area (Å²) < 4.78 is 16.9. The average molecular weight is 469 g/mol. The maximum atomic E-state index is 13.6. The van der Waals surface area contributed by atoms with Crippen LogP contribution in [0.1, 0.15) is 24.9 Å². The van der Waals surface area contributed by atoms with Crippen LogP contribution in [0.4, 0.5) is 16.2 Å². The van der Waals surface area contributed by atoms with Crippen molar-refractivity contribution in [3.8, 4) is 11.3 Å². The van der Waals surface area contributed by atoms with Gasteiger partial charge in [0.2, 0.25) is 5.95 Å². The molecule has 1 atom stereocenters. The van der Waals surface area contributed by atoms with Gasteiger partial charge in [-0.25, -0.2) is 19.0 Å². The summed E-state index contributed by atoms with van der Waals surface area (Å²) in [5, 5.41) is 16.8. The van der Waals surface area contributed by atoms with Crippen LogP contribution in [0.3, 0.4) is 0 Å². The third-order valence-corrected chi connectivity index (χ3v) is 5.51. The molecule has 10 heteroatoms. The maximum Gasteiger partial charge on any atom is 0.251 e. The first-order valence-corrected chi connectivity index (χ1v) is 10.8. The SMILES string of the molecule is CCn1nccc1Nc1nccc(-c2ccn([C@H](CCO)c3ccc(F)c(Cl)c3)c(=O)c2)n1. The molecule has 0 aliphatic carbocycles. The van der Waals surface area contributed by atoms with E-state index in [0.717, 1.165) is 5.82 Å². The molecule has 4 aromatic rings. The molecule has 0 unspecified atom stereocenters. The predicted octanol–water partition coefficient (Wildman–Crippen LogP) is 4.03. The Morgan fingerprint density at radius 1 is 1.18 bits per heavy atom. The predicted molar refractivity (Wildman–Crippen MR) is 124 cm³/mol. The third-order valence-electron chi connectivity index (χ3n) is 5.22. The van der Waals surface area contributed by atoms with Crippen LogP contribution in [0.5, 0.6) is 0 Å². The van der Waals surface area contributed by atoms with Crippen molar-refractivity contribution in [2.45, 2.75) is 25.9 Å². The van der Waals surface area contributed by atoms with Gasteiger partial charge >= 0.3 is 0 Å². The van der Waals surface area contributed by atoms with Crippen molar-refractivity contribution in [3.63, 3.8) is 0 Å². The van der Waals surface area contributed by atoms with Gasteiger partial charge in [0.1, 0.15) is 11.6 Å². The number of halogens is 2. The smallest absolute Gasteiger partial charge is 0.251 e. The Kier molecular flexibility index (Phi) is 6.81. The molecular weight excluding hydrogens is 447 g/mol. The zero-order chi connectivity index (χ0) is 23.4. The number of nitrogens with zero attached hydrogens (tertiary/aromatic N) is 5. The van der Waals surface area contributed by atoms with Gasteiger partial charge in [-0.1, -0.05) is 17.7 Å². The highest BCUT2D eigenvalue weighted by Gasteiger charge is 2.17. The summed E-state index contributed by atoms with van der Waals surface area (Å²) in [6, 6.07) is 10.6. The molecule has 0 aliphatic rings. The van der Waals surface area contributed by atoms with E-state index >= 15 is 0 Å². The van der Waals surface area contributed by atoms with Crippen LogP contribution in [-0.2, 0) is 6.54 Å². The molecule has 0 bridgehead atoms. The van der Waals surface area contributed by atoms with Gasteiger partial charge in [-0.2, -0.15) is 5.10 Å². The van der Waals surface area contributed by atoms with Crippen LogP contribution >= 0.6 is 11.6 Å². The molecule has 33 heavy (non-hydrogen) atoms. The second-order valence-electron chi connectivity index (χ2n) is 7.29. The van der Waals surface area contributed by atoms with Gasteiger partial charge in [-0.05, 0) is 43.2 Å². The second kappa shape index (κ2) is 9.93. The fourth-order valence-electron chi connectivity index (χ4n) is 3.60. The molecule has 1 aromatic carbocycles. The summed E-state index contributed by atoms with van der Waals surface area (Å²) in [5.41, 5.74) is 1.53. The van der Waals surface area contributed by atoms with Crippen LogP contribution in [0.25, 0.3) is 11.3 Å². The van der Waals surface area contributed by atoms with E-state index in [2.05, 4.69) is 20.4 Å². The highest BCUT2D eigenvalue weighted by molar-refractivity contribution is 6.30. The van der Waals surface area contributed by atoms with E-state index in [-0.39, 0.29) is 23.6 Å². The third kappa shape index (κ3) is 4.94. The molecule has 0 amide bonds. The van der Waals surface area contributed by atoms with Crippen LogP contribution in [0.2, 0.25) is 5.02 Å². The average Bonchev–Trinajstić information content (AvgIpc) is 3.27. The van der Waals surface area contributed by atoms with Gasteiger partial charge in [0.15, 0.2) is 0 Å². The van der Waals surface area contributed by atoms with E-state index in [0.29, 0.717) is 29.3 Å². The number of rotatable bonds is 8. The molecular formula is C23H22ClFN6O2. The van der Waals surface area contributed by atoms with Crippen LogP contribution in [0, 0.1) is 5.82 Å². The largest absolute Gasteiger partial charge is 0.396 e. The second-order valence-corrected chi connectivity index (χ2v) is 7.69. The maximum absolute atomic E-state index is 13.6. The molecule has 4 rings (SSSR count). The summed E-state index contributed by atoms with van der Waals surface area (Å²) in [4.78, 5) is 21.7. The number of benzene rings is 1. The Bertz CT molecular complexity index is 1320. The molecule has 2 N–H and O–H groups in total. The molecule has 0 aliphatic heterocycles. The number of anilines is 2. The molecule has 0 spiro atoms. The summed E-state index contributed by atoms with van der Waals surface area (Å²) >= 11 is 5.92. The first-order chi connectivity index (χ1) is 16.0. The van der Waals surface area contributed by atoms with Crippen molar-refractivity contribution in [1.29, 1.82) is 0 Å². The zero-order valence-electron chi connectivity index (χ0n) is 17.8. The molecule has 0 saturated heterocycles. The first-order valence-electron chi connectivity index (χ1n) is 10.4. The fourth-order valence-corrected chi connectivity index (χ4v) is 3.79. The fraction of sp³-hybridized carbons (Fsp3) is 0.217. The van der Waals surface area contributed by atoms with E-state index < -0.39 is 11.9 Å². The van der Waals surface area contributed by atoms with Crippen molar-refractivity contribution in [2.75, 3.05) is 11.9 Å². The number of aromatic nitrogens is 5. The minimum Gasteiger partial charge on any atom is -0.396 e. The highest BCUT2D eigenvalue weighted by atomic mass is 35.5. The normalized spacial score (nSPS) is 12.0. The number of nitrogens with one attached hydrogen (secondary N) is 1. The lowest BCUT2D eigenvalue weighted by atomic mass is 10.0. The first kappa shape index (κ1) is 22.6. The van der Waals surface area contributed by atoms with Crippen LogP contribution in [0.15, 0.2) is 65.8 Å². The lowest BCUT2D eigenvalue weighted by Crippen LogP contribution is -2.25. The summed E-state index contributed by atoms with van der Waals surface area (Å²) in [7, 11) is 0. The number of hydrogen-bond acceptors (Lipinski definition) is 6. The van der Waals surface area contributed by atoms with E-state index in [4.69, 9.17) is 11.6 Å². The number of pyridine rings is 1. The van der Waals surface area contributed by atoms with Gasteiger partial charge in [-0.15, -0.1) is 0 Å². The van der Waals surface area contributed by atoms with Crippen molar-refractivity contribution >= 4 is 23.4 Å². The minimum atomic E-state index is -0.541. The summed E-state index contributed by atoms with van der Waals surface area (Å²) in [6.45, 7) is 2.53. The summed E-state index contributed by atoms with van der Waals surface area (Å²) in [6.07, 6.45) is 5.20. The standard InChI is InChI=1S/C23H22ClFN6O2/c1-2-31-21(6-10-27-31)29-23-26-9-5-19(28-23)15-7-11-30(22(33)14-15)20(8-12-32)16-3-4-18(25)17(24)13-16/h3-7,9-11,13-14,20,32H,2,8,12H2,1H3,(H,26,28,29)/t20-/m1/s1. The van der Waals surface area contributed by atoms with Crippen molar-refractivity contribution in [1.82, 2.24) is 24.3 Å². The monoisotopic (exact) mass is 468 g/mol. The van der Waals surface area contributed by atoms with Gasteiger partial charge in [0.05, 0.1) is 23.0 Å². The van der Waals surface area contributed by atoms with Gasteiger partial charge in [-0.3, -0.25) is 4.79 Å². The Morgan fingerprint density at radius 2 is 2.03 bits per heavy atom. The Hall–Kier alpha value is -3.56. The molecule has 3 heterocycles. The van der Waals surface area contributed by atoms with Crippen molar-refractivity contribution in [2.24, 2.45) is 0 Å². The van der Waals surface area contributed by atoms with Crippen molar-refractivity contribution in [3.05, 3.63) is 87.8 Å². The lowest BCUT2D eigenvalue weighted by molar-refractivity contribution is 0.267. The van der Waals surface area contributed by atoms with Gasteiger partial charge in [0, 0.05) is 43.2 Å². The van der Waals surface area contributed by atoms with Crippen LogP contribution < -0.4 is 10.9 Å². The lowest BCUT2D eigenvalue weighted by Gasteiger charge is -2.20. The Morgan fingerprint density at radius 3 is 2.76 bits per heavy atom. The quantitative estimate of drug-likeness (QED) is 0.405. The molecule has 0 radical (unpaired) electrons. The molecule has 3 aromatic heterocycles. The highest BCUT2D eigenvalue weighted by Crippen LogP contribution is 2.26. The number of aryl methyl sites for hydroxylation is 1. The van der Waals surface area contributed by atoms with E-state index in [1.165, 1.54) is 22.8 Å². The zero-order valence-corrected chi connectivity index (χ0v) is 18.6. The van der Waals surface area contributed by atoms with E-state index in [1.54, 1.807) is 41.5 Å². The van der Waals surface area contributed by atoms with Gasteiger partial charge in [0.25, 0.3) is 5.56 Å². The van der Waals surface area contributed by atoms with E-state index in [1.807, 2.05) is 13.0 Å².